The van der Waals surface area contributed by atoms with Crippen molar-refractivity contribution >= 4 is 63.5 Å². The first-order chi connectivity index (χ1) is 9.25. The van der Waals surface area contributed by atoms with E-state index in [1.807, 2.05) is 42.5 Å². The number of halogens is 2. The summed E-state index contributed by atoms with van der Waals surface area (Å²) in [6.45, 7) is 0. The third kappa shape index (κ3) is 2.76. The van der Waals surface area contributed by atoms with Crippen LogP contribution >= 0.6 is 23.2 Å². The molecule has 3 aromatic rings. The molecule has 0 radical (unpaired) electrons. The van der Waals surface area contributed by atoms with Crippen molar-refractivity contribution < 1.29 is 0 Å². The number of hydrogen-bond donors (Lipinski definition) is 0. The molecule has 0 aliphatic carbocycles. The van der Waals surface area contributed by atoms with Gasteiger partial charge in [0.05, 0.1) is 0 Å². The topological polar surface area (TPSA) is 0 Å². The Labute approximate surface area is 131 Å². The standard InChI is InChI=1S/C16H10Cl2Te/c17-13(11-6-2-1-3-7-11)10-15-16(18)12-8-4-5-9-14(12)19-15/h1-10H/b13-10-. The van der Waals surface area contributed by atoms with Crippen LogP contribution in [0.2, 0.25) is 5.02 Å². The quantitative estimate of drug-likeness (QED) is 0.513. The molecule has 0 aliphatic heterocycles. The van der Waals surface area contributed by atoms with Crippen molar-refractivity contribution in [2.24, 2.45) is 0 Å². The molecule has 0 saturated heterocycles. The Bertz CT molecular complexity index is 742. The summed E-state index contributed by atoms with van der Waals surface area (Å²) in [6, 6.07) is 18.3. The molecule has 0 spiro atoms. The number of hydrogen-bond acceptors (Lipinski definition) is 0. The van der Waals surface area contributed by atoms with Gasteiger partial charge < -0.3 is 0 Å². The van der Waals surface area contributed by atoms with E-state index in [0.717, 1.165) is 15.6 Å². The van der Waals surface area contributed by atoms with Gasteiger partial charge in [-0.25, -0.2) is 0 Å². The monoisotopic (exact) mass is 402 g/mol. The van der Waals surface area contributed by atoms with Crippen LogP contribution in [0, 0.1) is 0 Å². The fourth-order valence-corrected chi connectivity index (χ4v) is 5.98. The predicted molar refractivity (Wildman–Crippen MR) is 86.1 cm³/mol. The second-order valence-electron chi connectivity index (χ2n) is 4.13. The first-order valence-corrected chi connectivity index (χ1v) is 8.94. The summed E-state index contributed by atoms with van der Waals surface area (Å²) in [5, 5.41) is 2.80. The Morgan fingerprint density at radius 2 is 1.63 bits per heavy atom. The van der Waals surface area contributed by atoms with Gasteiger partial charge in [0, 0.05) is 0 Å². The SMILES string of the molecule is Cl/C(=C\c1[te]c2ccccc2c1Cl)c1ccccc1. The fourth-order valence-electron chi connectivity index (χ4n) is 1.92. The van der Waals surface area contributed by atoms with E-state index in [1.165, 1.54) is 12.4 Å². The van der Waals surface area contributed by atoms with E-state index >= 15 is 0 Å². The first-order valence-electron chi connectivity index (χ1n) is 5.85. The molecule has 1 aromatic heterocycles. The van der Waals surface area contributed by atoms with Crippen LogP contribution in [-0.2, 0) is 0 Å². The number of fused-ring (bicyclic) bond motifs is 1. The molecule has 0 aliphatic rings. The van der Waals surface area contributed by atoms with Gasteiger partial charge in [-0.1, -0.05) is 0 Å². The van der Waals surface area contributed by atoms with Crippen LogP contribution in [0.15, 0.2) is 54.6 Å². The minimum atomic E-state index is -0.416. The van der Waals surface area contributed by atoms with Crippen LogP contribution in [-0.4, -0.2) is 20.4 Å². The van der Waals surface area contributed by atoms with Crippen molar-refractivity contribution in [2.75, 3.05) is 0 Å². The molecule has 2 aromatic carbocycles. The maximum absolute atomic E-state index is 6.45. The Morgan fingerprint density at radius 1 is 0.947 bits per heavy atom. The molecule has 0 saturated carbocycles. The molecule has 0 nitrogen and oxygen atoms in total. The Morgan fingerprint density at radius 3 is 2.37 bits per heavy atom. The zero-order valence-electron chi connectivity index (χ0n) is 9.94. The van der Waals surface area contributed by atoms with Crippen molar-refractivity contribution in [3.8, 4) is 0 Å². The zero-order valence-corrected chi connectivity index (χ0v) is 13.8. The fraction of sp³-hybridized carbons (Fsp3) is 0. The molecule has 0 fully saturated rings. The van der Waals surface area contributed by atoms with Crippen molar-refractivity contribution in [1.29, 1.82) is 0 Å². The summed E-state index contributed by atoms with van der Waals surface area (Å²) >= 11 is 12.4. The molecule has 3 rings (SSSR count). The molecule has 3 heteroatoms. The molecule has 0 unspecified atom stereocenters. The van der Waals surface area contributed by atoms with Crippen molar-refractivity contribution in [3.63, 3.8) is 0 Å². The molecule has 0 atom stereocenters. The summed E-state index contributed by atoms with van der Waals surface area (Å²) < 4.78 is 2.60. The van der Waals surface area contributed by atoms with Crippen LogP contribution in [0.5, 0.6) is 0 Å². The van der Waals surface area contributed by atoms with Gasteiger partial charge in [-0.15, -0.1) is 0 Å². The molecule has 0 amide bonds. The van der Waals surface area contributed by atoms with E-state index < -0.39 is 20.4 Å². The van der Waals surface area contributed by atoms with E-state index in [0.29, 0.717) is 0 Å². The van der Waals surface area contributed by atoms with Gasteiger partial charge in [0.1, 0.15) is 0 Å². The second-order valence-corrected chi connectivity index (χ2v) is 8.01. The van der Waals surface area contributed by atoms with E-state index in [9.17, 15) is 0 Å². The van der Waals surface area contributed by atoms with E-state index in [-0.39, 0.29) is 0 Å². The van der Waals surface area contributed by atoms with Crippen LogP contribution < -0.4 is 0 Å². The van der Waals surface area contributed by atoms with Crippen LogP contribution in [0.1, 0.15) is 9.14 Å². The van der Waals surface area contributed by atoms with E-state index in [4.69, 9.17) is 23.2 Å². The molecule has 19 heavy (non-hydrogen) atoms. The van der Waals surface area contributed by atoms with Gasteiger partial charge in [0.15, 0.2) is 0 Å². The van der Waals surface area contributed by atoms with Gasteiger partial charge in [0.25, 0.3) is 0 Å². The Hall–Kier alpha value is -0.710. The molecular weight excluding hydrogens is 391 g/mol. The first kappa shape index (κ1) is 13.3. The van der Waals surface area contributed by atoms with Gasteiger partial charge in [0.2, 0.25) is 0 Å². The minimum absolute atomic E-state index is 0.416. The third-order valence-corrected chi connectivity index (χ3v) is 7.14. The second kappa shape index (κ2) is 5.73. The summed E-state index contributed by atoms with van der Waals surface area (Å²) in [5.41, 5.74) is 1.03. The zero-order chi connectivity index (χ0) is 13.2. The average molecular weight is 401 g/mol. The van der Waals surface area contributed by atoms with Crippen molar-refractivity contribution in [2.45, 2.75) is 0 Å². The van der Waals surface area contributed by atoms with Gasteiger partial charge in [-0.2, -0.15) is 0 Å². The molecular formula is C16H10Cl2Te. The normalized spacial score (nSPS) is 12.0. The molecule has 94 valence electrons. The van der Waals surface area contributed by atoms with Crippen LogP contribution in [0.3, 0.4) is 0 Å². The predicted octanol–water partition coefficient (Wildman–Crippen LogP) is 5.29. The Balaban J connectivity index is 2.08. The van der Waals surface area contributed by atoms with Gasteiger partial charge in [-0.05, 0) is 0 Å². The van der Waals surface area contributed by atoms with E-state index in [1.54, 1.807) is 0 Å². The summed E-state index contributed by atoms with van der Waals surface area (Å²) in [7, 11) is 0. The molecule has 1 heterocycles. The molecule has 0 bridgehead atoms. The number of rotatable bonds is 2. The van der Waals surface area contributed by atoms with E-state index in [2.05, 4.69) is 18.2 Å². The van der Waals surface area contributed by atoms with Crippen molar-refractivity contribution in [1.82, 2.24) is 0 Å². The summed E-state index contributed by atoms with van der Waals surface area (Å²) in [4.78, 5) is 0. The van der Waals surface area contributed by atoms with Gasteiger partial charge >= 0.3 is 132 Å². The van der Waals surface area contributed by atoms with Gasteiger partial charge in [-0.3, -0.25) is 0 Å². The maximum atomic E-state index is 6.45. The summed E-state index contributed by atoms with van der Waals surface area (Å²) in [5.74, 6) is 0. The third-order valence-electron chi connectivity index (χ3n) is 2.87. The average Bonchev–Trinajstić information content (AvgIpc) is 2.77. The van der Waals surface area contributed by atoms with Crippen LogP contribution in [0.4, 0.5) is 0 Å². The van der Waals surface area contributed by atoms with Crippen LogP contribution in [0.25, 0.3) is 19.9 Å². The van der Waals surface area contributed by atoms with Crippen molar-refractivity contribution in [3.05, 3.63) is 68.8 Å². The Kier molecular flexibility index (Phi) is 4.01. The summed E-state index contributed by atoms with van der Waals surface area (Å²) in [6.07, 6.45) is 2.03. The molecule has 0 N–H and O–H groups in total. The number of benzene rings is 2.